The van der Waals surface area contributed by atoms with Gasteiger partial charge in [-0.15, -0.1) is 0 Å². The van der Waals surface area contributed by atoms with Crippen LogP contribution in [0.2, 0.25) is 0 Å². The maximum absolute atomic E-state index is 12.5. The standard InChI is InChI=1S/C16H27N3O2/c1-14(2,3)11-9-18-12(21-11)10-19-13(20)16(17)8-6-7-15(16,4)5/h9H,6-8,10,17H2,1-5H3,(H,19,20). The number of nitrogens with one attached hydrogen (secondary N) is 1. The Labute approximate surface area is 126 Å². The predicted octanol–water partition coefficient (Wildman–Crippen LogP) is 2.50. The molecule has 3 N–H and O–H groups in total. The molecule has 1 aliphatic rings. The summed E-state index contributed by atoms with van der Waals surface area (Å²) in [4.78, 5) is 16.7. The number of hydrogen-bond donors (Lipinski definition) is 2. The van der Waals surface area contributed by atoms with Crippen LogP contribution >= 0.6 is 0 Å². The number of carbonyl (C=O) groups excluding carboxylic acids is 1. The Morgan fingerprint density at radius 1 is 1.43 bits per heavy atom. The minimum Gasteiger partial charge on any atom is -0.443 e. The Bertz CT molecular complexity index is 528. The summed E-state index contributed by atoms with van der Waals surface area (Å²) in [7, 11) is 0. The van der Waals surface area contributed by atoms with Crippen molar-refractivity contribution in [1.82, 2.24) is 10.3 Å². The highest BCUT2D eigenvalue weighted by atomic mass is 16.4. The number of hydrogen-bond acceptors (Lipinski definition) is 4. The normalized spacial score (nSPS) is 25.0. The van der Waals surface area contributed by atoms with E-state index in [-0.39, 0.29) is 23.3 Å². The molecular formula is C16H27N3O2. The number of amides is 1. The molecule has 0 radical (unpaired) electrons. The van der Waals surface area contributed by atoms with Gasteiger partial charge in [-0.05, 0) is 18.3 Å². The van der Waals surface area contributed by atoms with Gasteiger partial charge in [0.1, 0.15) is 11.3 Å². The molecule has 1 unspecified atom stereocenters. The summed E-state index contributed by atoms with van der Waals surface area (Å²) in [5.74, 6) is 1.23. The molecule has 0 bridgehead atoms. The lowest BCUT2D eigenvalue weighted by molar-refractivity contribution is -0.129. The second-order valence-corrected chi connectivity index (χ2v) is 7.76. The minimum atomic E-state index is -0.799. The fourth-order valence-corrected chi connectivity index (χ4v) is 2.84. The van der Waals surface area contributed by atoms with Gasteiger partial charge in [-0.25, -0.2) is 4.98 Å². The van der Waals surface area contributed by atoms with Crippen LogP contribution in [0.4, 0.5) is 0 Å². The first-order valence-electron chi connectivity index (χ1n) is 7.59. The third-order valence-electron chi connectivity index (χ3n) is 4.68. The third-order valence-corrected chi connectivity index (χ3v) is 4.68. The summed E-state index contributed by atoms with van der Waals surface area (Å²) in [6.07, 6.45) is 4.41. The summed E-state index contributed by atoms with van der Waals surface area (Å²) >= 11 is 0. The molecule has 5 heteroatoms. The summed E-state index contributed by atoms with van der Waals surface area (Å²) < 4.78 is 5.68. The van der Waals surface area contributed by atoms with Crippen molar-refractivity contribution in [2.45, 2.75) is 71.4 Å². The van der Waals surface area contributed by atoms with Gasteiger partial charge in [0.25, 0.3) is 0 Å². The zero-order valence-electron chi connectivity index (χ0n) is 13.7. The van der Waals surface area contributed by atoms with Crippen molar-refractivity contribution in [2.24, 2.45) is 11.1 Å². The van der Waals surface area contributed by atoms with Crippen LogP contribution in [0.3, 0.4) is 0 Å². The van der Waals surface area contributed by atoms with Crippen LogP contribution in [0.25, 0.3) is 0 Å². The lowest BCUT2D eigenvalue weighted by Gasteiger charge is -2.36. The van der Waals surface area contributed by atoms with Crippen molar-refractivity contribution < 1.29 is 9.21 Å². The van der Waals surface area contributed by atoms with Crippen molar-refractivity contribution in [3.8, 4) is 0 Å². The summed E-state index contributed by atoms with van der Waals surface area (Å²) in [5, 5.41) is 2.88. The average molecular weight is 293 g/mol. The molecule has 1 aromatic rings. The average Bonchev–Trinajstić information content (AvgIpc) is 2.92. The molecule has 118 valence electrons. The van der Waals surface area contributed by atoms with Crippen LogP contribution in [-0.4, -0.2) is 16.4 Å². The van der Waals surface area contributed by atoms with E-state index >= 15 is 0 Å². The van der Waals surface area contributed by atoms with Crippen LogP contribution in [0.15, 0.2) is 10.6 Å². The maximum Gasteiger partial charge on any atom is 0.241 e. The molecule has 0 aromatic carbocycles. The summed E-state index contributed by atoms with van der Waals surface area (Å²) in [5.41, 5.74) is 5.29. The van der Waals surface area contributed by atoms with Gasteiger partial charge in [-0.3, -0.25) is 4.79 Å². The monoisotopic (exact) mass is 293 g/mol. The molecule has 1 aromatic heterocycles. The number of aromatic nitrogens is 1. The molecule has 21 heavy (non-hydrogen) atoms. The Balaban J connectivity index is 2.00. The molecule has 0 spiro atoms. The van der Waals surface area contributed by atoms with E-state index in [0.29, 0.717) is 5.89 Å². The highest BCUT2D eigenvalue weighted by Gasteiger charge is 2.51. The van der Waals surface area contributed by atoms with E-state index in [9.17, 15) is 4.79 Å². The van der Waals surface area contributed by atoms with Crippen molar-refractivity contribution in [2.75, 3.05) is 0 Å². The van der Waals surface area contributed by atoms with E-state index in [2.05, 4.69) is 44.9 Å². The zero-order chi connectivity index (χ0) is 15.9. The quantitative estimate of drug-likeness (QED) is 0.897. The molecule has 0 aliphatic heterocycles. The maximum atomic E-state index is 12.5. The van der Waals surface area contributed by atoms with Crippen molar-refractivity contribution >= 4 is 5.91 Å². The van der Waals surface area contributed by atoms with Crippen molar-refractivity contribution in [3.63, 3.8) is 0 Å². The fourth-order valence-electron chi connectivity index (χ4n) is 2.84. The fraction of sp³-hybridized carbons (Fsp3) is 0.750. The molecule has 1 saturated carbocycles. The minimum absolute atomic E-state index is 0.0855. The number of nitrogens with zero attached hydrogens (tertiary/aromatic N) is 1. The van der Waals surface area contributed by atoms with Crippen LogP contribution in [0.5, 0.6) is 0 Å². The first-order valence-corrected chi connectivity index (χ1v) is 7.59. The van der Waals surface area contributed by atoms with Gasteiger partial charge in [-0.1, -0.05) is 41.0 Å². The molecule has 1 aliphatic carbocycles. The largest absolute Gasteiger partial charge is 0.443 e. The van der Waals surface area contributed by atoms with Crippen LogP contribution in [0.1, 0.15) is 65.5 Å². The number of nitrogens with two attached hydrogens (primary N) is 1. The van der Waals surface area contributed by atoms with E-state index < -0.39 is 5.54 Å². The first kappa shape index (κ1) is 16.0. The molecule has 0 saturated heterocycles. The van der Waals surface area contributed by atoms with Gasteiger partial charge >= 0.3 is 0 Å². The Morgan fingerprint density at radius 2 is 2.10 bits per heavy atom. The van der Waals surface area contributed by atoms with E-state index in [4.69, 9.17) is 10.2 Å². The second-order valence-electron chi connectivity index (χ2n) is 7.76. The Hall–Kier alpha value is -1.36. The van der Waals surface area contributed by atoms with E-state index in [1.807, 2.05) is 0 Å². The smallest absolute Gasteiger partial charge is 0.241 e. The van der Waals surface area contributed by atoms with Gasteiger partial charge in [0, 0.05) is 5.41 Å². The summed E-state index contributed by atoms with van der Waals surface area (Å²) in [6, 6.07) is 0. The van der Waals surface area contributed by atoms with Crippen LogP contribution < -0.4 is 11.1 Å². The topological polar surface area (TPSA) is 81.2 Å². The molecule has 1 heterocycles. The Morgan fingerprint density at radius 3 is 2.57 bits per heavy atom. The van der Waals surface area contributed by atoms with Gasteiger partial charge < -0.3 is 15.5 Å². The van der Waals surface area contributed by atoms with Gasteiger partial charge in [0.15, 0.2) is 0 Å². The SMILES string of the molecule is CC(C)(C)c1cnc(CNC(=O)C2(N)CCCC2(C)C)o1. The van der Waals surface area contributed by atoms with E-state index in [1.165, 1.54) is 0 Å². The highest BCUT2D eigenvalue weighted by molar-refractivity contribution is 5.87. The lowest BCUT2D eigenvalue weighted by Crippen LogP contribution is -2.59. The zero-order valence-corrected chi connectivity index (χ0v) is 13.7. The molecule has 1 fully saturated rings. The molecule has 1 amide bonds. The van der Waals surface area contributed by atoms with Crippen molar-refractivity contribution in [3.05, 3.63) is 17.8 Å². The Kier molecular flexibility index (Phi) is 3.91. The van der Waals surface area contributed by atoms with Crippen LogP contribution in [0, 0.1) is 5.41 Å². The molecule has 1 atom stereocenters. The van der Waals surface area contributed by atoms with Gasteiger partial charge in [0.2, 0.25) is 11.8 Å². The molecular weight excluding hydrogens is 266 g/mol. The second kappa shape index (κ2) is 5.13. The number of oxazole rings is 1. The number of rotatable bonds is 3. The van der Waals surface area contributed by atoms with Gasteiger partial charge in [-0.2, -0.15) is 0 Å². The molecule has 2 rings (SSSR count). The first-order chi connectivity index (χ1) is 9.56. The van der Waals surface area contributed by atoms with E-state index in [1.54, 1.807) is 6.20 Å². The summed E-state index contributed by atoms with van der Waals surface area (Å²) in [6.45, 7) is 10.6. The highest BCUT2D eigenvalue weighted by Crippen LogP contribution is 2.44. The van der Waals surface area contributed by atoms with Crippen molar-refractivity contribution in [1.29, 1.82) is 0 Å². The predicted molar refractivity (Wildman–Crippen MR) is 81.6 cm³/mol. The lowest BCUT2D eigenvalue weighted by atomic mass is 9.75. The third kappa shape index (κ3) is 2.98. The number of carbonyl (C=O) groups is 1. The van der Waals surface area contributed by atoms with Crippen LogP contribution in [-0.2, 0) is 16.8 Å². The van der Waals surface area contributed by atoms with Gasteiger partial charge in [0.05, 0.1) is 12.7 Å². The van der Waals surface area contributed by atoms with E-state index in [0.717, 1.165) is 25.0 Å². The molecule has 5 nitrogen and oxygen atoms in total.